The third-order valence-electron chi connectivity index (χ3n) is 4.61. The highest BCUT2D eigenvalue weighted by Crippen LogP contribution is 2.33. The number of carbonyl (C=O) groups is 2. The minimum Gasteiger partial charge on any atom is -0.493 e. The number of hydrogen-bond donors (Lipinski definition) is 2. The number of anilines is 1. The van der Waals surface area contributed by atoms with Crippen LogP contribution in [0.1, 0.15) is 42.5 Å². The Morgan fingerprint density at radius 3 is 2.32 bits per heavy atom. The van der Waals surface area contributed by atoms with E-state index in [1.165, 1.54) is 46.1 Å². The van der Waals surface area contributed by atoms with Crippen molar-refractivity contribution in [2.75, 3.05) is 26.6 Å². The van der Waals surface area contributed by atoms with Gasteiger partial charge in [0.15, 0.2) is 11.5 Å². The minimum absolute atomic E-state index is 0.0869. The molecule has 1 amide bonds. The molecule has 1 aromatic carbocycles. The number of nitrogens with one attached hydrogen (secondary N) is 2. The largest absolute Gasteiger partial charge is 0.493 e. The van der Waals surface area contributed by atoms with E-state index in [1.54, 1.807) is 0 Å². The lowest BCUT2D eigenvalue weighted by Gasteiger charge is -2.22. The summed E-state index contributed by atoms with van der Waals surface area (Å²) in [6.45, 7) is 0. The number of nitrogens with zero attached hydrogens (tertiary/aromatic N) is 1. The molecule has 0 radical (unpaired) electrons. The number of methoxy groups -OCH3 is 3. The molecule has 2 rings (SSSR count). The summed E-state index contributed by atoms with van der Waals surface area (Å²) in [4.78, 5) is 24.5. The number of hydrogen-bond acceptors (Lipinski definition) is 7. The summed E-state index contributed by atoms with van der Waals surface area (Å²) in [5, 5.41) is 15.1. The van der Waals surface area contributed by atoms with Crippen LogP contribution in [0.5, 0.6) is 11.5 Å². The average Bonchev–Trinajstić information content (AvgIpc) is 2.73. The van der Waals surface area contributed by atoms with Gasteiger partial charge in [-0.1, -0.05) is 19.3 Å². The Balaban J connectivity index is 2.24. The number of rotatable bonds is 7. The van der Waals surface area contributed by atoms with Crippen LogP contribution in [-0.4, -0.2) is 39.2 Å². The summed E-state index contributed by atoms with van der Waals surface area (Å²) in [6.07, 6.45) is 6.42. The highest BCUT2D eigenvalue weighted by molar-refractivity contribution is 5.99. The maximum Gasteiger partial charge on any atom is 0.340 e. The summed E-state index contributed by atoms with van der Waals surface area (Å²) < 4.78 is 15.2. The van der Waals surface area contributed by atoms with Gasteiger partial charge in [0.25, 0.3) is 5.91 Å². The van der Waals surface area contributed by atoms with Crippen molar-refractivity contribution in [3.63, 3.8) is 0 Å². The fraction of sp³-hybridized carbons (Fsp3) is 0.450. The van der Waals surface area contributed by atoms with Crippen molar-refractivity contribution in [1.82, 2.24) is 5.32 Å². The van der Waals surface area contributed by atoms with Crippen LogP contribution < -0.4 is 20.1 Å². The van der Waals surface area contributed by atoms with Gasteiger partial charge in [0.05, 0.1) is 32.6 Å². The van der Waals surface area contributed by atoms with Gasteiger partial charge >= 0.3 is 5.97 Å². The fourth-order valence-electron chi connectivity index (χ4n) is 3.09. The molecule has 1 fully saturated rings. The Morgan fingerprint density at radius 2 is 1.75 bits per heavy atom. The average molecular weight is 387 g/mol. The van der Waals surface area contributed by atoms with Crippen molar-refractivity contribution in [2.45, 2.75) is 38.1 Å². The van der Waals surface area contributed by atoms with E-state index in [-0.39, 0.29) is 17.2 Å². The van der Waals surface area contributed by atoms with Crippen molar-refractivity contribution in [3.8, 4) is 17.6 Å². The van der Waals surface area contributed by atoms with Gasteiger partial charge in [0, 0.05) is 24.4 Å². The summed E-state index contributed by atoms with van der Waals surface area (Å²) in [5.41, 5.74) is 0.417. The van der Waals surface area contributed by atoms with Gasteiger partial charge < -0.3 is 24.8 Å². The predicted octanol–water partition coefficient (Wildman–Crippen LogP) is 2.76. The molecule has 0 saturated heterocycles. The first-order valence-electron chi connectivity index (χ1n) is 9.06. The molecule has 1 aromatic rings. The van der Waals surface area contributed by atoms with Crippen LogP contribution >= 0.6 is 0 Å². The zero-order valence-corrected chi connectivity index (χ0v) is 16.3. The van der Waals surface area contributed by atoms with Crippen LogP contribution in [0.2, 0.25) is 0 Å². The quantitative estimate of drug-likeness (QED) is 0.420. The number of ether oxygens (including phenoxy) is 3. The zero-order chi connectivity index (χ0) is 20.5. The molecule has 1 aliphatic carbocycles. The first-order chi connectivity index (χ1) is 13.5. The Morgan fingerprint density at radius 1 is 1.11 bits per heavy atom. The Labute approximate surface area is 164 Å². The molecule has 0 spiro atoms. The number of esters is 1. The number of amides is 1. The first kappa shape index (κ1) is 21.1. The Hall–Kier alpha value is -3.21. The van der Waals surface area contributed by atoms with Crippen molar-refractivity contribution in [3.05, 3.63) is 29.5 Å². The van der Waals surface area contributed by atoms with Crippen LogP contribution in [0.25, 0.3) is 0 Å². The van der Waals surface area contributed by atoms with Gasteiger partial charge in [-0.15, -0.1) is 0 Å². The van der Waals surface area contributed by atoms with Crippen molar-refractivity contribution in [2.24, 2.45) is 0 Å². The van der Waals surface area contributed by atoms with Gasteiger partial charge in [0.2, 0.25) is 0 Å². The molecular weight excluding hydrogens is 362 g/mol. The Bertz CT molecular complexity index is 792. The third-order valence-corrected chi connectivity index (χ3v) is 4.61. The second kappa shape index (κ2) is 10.2. The van der Waals surface area contributed by atoms with E-state index in [0.29, 0.717) is 17.2 Å². The zero-order valence-electron chi connectivity index (χ0n) is 16.3. The standard InChI is InChI=1S/C20H25N3O5/c1-26-17-9-15(20(25)28-3)16(10-18(17)27-2)22-12-13(11-21)19(24)23-14-7-5-4-6-8-14/h9-10,12,14,22H,4-8H2,1-3H3,(H,23,24). The molecule has 2 N–H and O–H groups in total. The van der Waals surface area contributed by atoms with E-state index in [2.05, 4.69) is 10.6 Å². The van der Waals surface area contributed by atoms with Crippen LogP contribution in [0.15, 0.2) is 23.9 Å². The molecule has 0 aliphatic heterocycles. The summed E-state index contributed by atoms with van der Waals surface area (Å²) >= 11 is 0. The van der Waals surface area contributed by atoms with Crippen LogP contribution in [0, 0.1) is 11.3 Å². The lowest BCUT2D eigenvalue weighted by Crippen LogP contribution is -2.37. The highest BCUT2D eigenvalue weighted by atomic mass is 16.5. The molecule has 8 nitrogen and oxygen atoms in total. The SMILES string of the molecule is COC(=O)c1cc(OC)c(OC)cc1NC=C(C#N)C(=O)NC1CCCCC1. The molecule has 8 heteroatoms. The van der Waals surface area contributed by atoms with E-state index < -0.39 is 11.9 Å². The van der Waals surface area contributed by atoms with Gasteiger partial charge in [-0.25, -0.2) is 4.79 Å². The van der Waals surface area contributed by atoms with E-state index >= 15 is 0 Å². The van der Waals surface area contributed by atoms with Crippen molar-refractivity contribution in [1.29, 1.82) is 5.26 Å². The molecule has 0 unspecified atom stereocenters. The monoisotopic (exact) mass is 387 g/mol. The normalized spacial score (nSPS) is 14.6. The summed E-state index contributed by atoms with van der Waals surface area (Å²) in [7, 11) is 4.18. The number of benzene rings is 1. The van der Waals surface area contributed by atoms with Crippen molar-refractivity contribution < 1.29 is 23.8 Å². The minimum atomic E-state index is -0.595. The van der Waals surface area contributed by atoms with Crippen molar-refractivity contribution >= 4 is 17.6 Å². The smallest absolute Gasteiger partial charge is 0.340 e. The van der Waals surface area contributed by atoms with E-state index in [9.17, 15) is 14.9 Å². The Kier molecular flexibility index (Phi) is 7.69. The predicted molar refractivity (Wildman–Crippen MR) is 103 cm³/mol. The van der Waals surface area contributed by atoms with Crippen LogP contribution in [0.4, 0.5) is 5.69 Å². The van der Waals surface area contributed by atoms with E-state index in [0.717, 1.165) is 25.7 Å². The van der Waals surface area contributed by atoms with Crippen LogP contribution in [0.3, 0.4) is 0 Å². The molecule has 1 aliphatic rings. The van der Waals surface area contributed by atoms with E-state index in [1.807, 2.05) is 6.07 Å². The maximum absolute atomic E-state index is 12.4. The molecule has 0 heterocycles. The molecule has 0 aromatic heterocycles. The van der Waals surface area contributed by atoms with E-state index in [4.69, 9.17) is 14.2 Å². The van der Waals surface area contributed by atoms with Gasteiger partial charge in [-0.05, 0) is 12.8 Å². The van der Waals surface area contributed by atoms with Gasteiger partial charge in [0.1, 0.15) is 11.6 Å². The summed E-state index contributed by atoms with van der Waals surface area (Å²) in [6, 6.07) is 4.98. The topological polar surface area (TPSA) is 110 Å². The number of nitriles is 1. The lowest BCUT2D eigenvalue weighted by molar-refractivity contribution is -0.118. The number of carbonyl (C=O) groups excluding carboxylic acids is 2. The molecule has 28 heavy (non-hydrogen) atoms. The lowest BCUT2D eigenvalue weighted by atomic mass is 9.95. The molecule has 0 atom stereocenters. The maximum atomic E-state index is 12.4. The van der Waals surface area contributed by atoms with Crippen LogP contribution in [-0.2, 0) is 9.53 Å². The second-order valence-electron chi connectivity index (χ2n) is 6.37. The molecular formula is C20H25N3O5. The second-order valence-corrected chi connectivity index (χ2v) is 6.37. The highest BCUT2D eigenvalue weighted by Gasteiger charge is 2.20. The van der Waals surface area contributed by atoms with Gasteiger partial charge in [-0.2, -0.15) is 5.26 Å². The molecule has 0 bridgehead atoms. The van der Waals surface area contributed by atoms with Gasteiger partial charge in [-0.3, -0.25) is 4.79 Å². The molecule has 1 saturated carbocycles. The summed E-state index contributed by atoms with van der Waals surface area (Å²) in [5.74, 6) is -0.298. The first-order valence-corrected chi connectivity index (χ1v) is 9.06. The fourth-order valence-corrected chi connectivity index (χ4v) is 3.09. The third kappa shape index (κ3) is 5.16. The molecule has 150 valence electrons.